The predicted molar refractivity (Wildman–Crippen MR) is 68.6 cm³/mol. The molecule has 0 aromatic rings. The van der Waals surface area contributed by atoms with E-state index in [4.69, 9.17) is 5.73 Å². The normalized spacial score (nSPS) is 26.1. The molecule has 0 aromatic heterocycles. The van der Waals surface area contributed by atoms with Gasteiger partial charge in [0, 0.05) is 31.7 Å². The zero-order valence-corrected chi connectivity index (χ0v) is 11.3. The average molecular weight is 239 g/mol. The van der Waals surface area contributed by atoms with Crippen LogP contribution in [0.3, 0.4) is 0 Å². The summed E-state index contributed by atoms with van der Waals surface area (Å²) in [6.45, 7) is 9.91. The molecule has 0 spiro atoms. The van der Waals surface area contributed by atoms with Crippen LogP contribution >= 0.6 is 0 Å². The molecular formula is C13H25N3O. The first-order chi connectivity index (χ1) is 7.94. The Morgan fingerprint density at radius 2 is 1.71 bits per heavy atom. The lowest BCUT2D eigenvalue weighted by atomic mass is 9.79. The van der Waals surface area contributed by atoms with Crippen molar-refractivity contribution in [1.29, 1.82) is 0 Å². The molecule has 1 amide bonds. The molecular weight excluding hydrogens is 214 g/mol. The number of amides is 1. The topological polar surface area (TPSA) is 49.6 Å². The Bertz CT molecular complexity index is 291. The summed E-state index contributed by atoms with van der Waals surface area (Å²) < 4.78 is 0. The fraction of sp³-hybridized carbons (Fsp3) is 0.923. The highest BCUT2D eigenvalue weighted by Crippen LogP contribution is 2.28. The maximum absolute atomic E-state index is 12.2. The van der Waals surface area contributed by atoms with E-state index in [1.807, 2.05) is 11.8 Å². The molecule has 2 rings (SSSR count). The summed E-state index contributed by atoms with van der Waals surface area (Å²) in [5.74, 6) is 0.765. The Labute approximate surface area is 104 Å². The van der Waals surface area contributed by atoms with Gasteiger partial charge in [-0.05, 0) is 25.7 Å². The van der Waals surface area contributed by atoms with Crippen LogP contribution in [0.1, 0.15) is 33.6 Å². The number of nitrogens with two attached hydrogens (primary N) is 1. The van der Waals surface area contributed by atoms with Crippen molar-refractivity contribution in [1.82, 2.24) is 9.80 Å². The Morgan fingerprint density at radius 1 is 1.18 bits per heavy atom. The third-order valence-corrected chi connectivity index (χ3v) is 4.47. The number of hydrogen-bond donors (Lipinski definition) is 1. The Balaban J connectivity index is 1.86. The zero-order valence-electron chi connectivity index (χ0n) is 11.3. The van der Waals surface area contributed by atoms with Crippen LogP contribution in [0.25, 0.3) is 0 Å². The van der Waals surface area contributed by atoms with Gasteiger partial charge in [0.15, 0.2) is 0 Å². The summed E-state index contributed by atoms with van der Waals surface area (Å²) in [5.41, 5.74) is 6.18. The van der Waals surface area contributed by atoms with Crippen LogP contribution in [0.5, 0.6) is 0 Å². The number of carbonyl (C=O) groups is 1. The van der Waals surface area contributed by atoms with Gasteiger partial charge in [-0.25, -0.2) is 0 Å². The molecule has 0 aliphatic carbocycles. The molecule has 0 radical (unpaired) electrons. The smallest absolute Gasteiger partial charge is 0.239 e. The molecule has 2 heterocycles. The van der Waals surface area contributed by atoms with E-state index in [1.54, 1.807) is 0 Å². The molecule has 0 bridgehead atoms. The van der Waals surface area contributed by atoms with Gasteiger partial charge in [-0.1, -0.05) is 13.8 Å². The molecule has 1 unspecified atom stereocenters. The SMILES string of the molecule is CC(C(=O)N1CCCC1)N1CC(N)(C(C)C)C1. The monoisotopic (exact) mass is 239 g/mol. The molecule has 2 fully saturated rings. The molecule has 0 saturated carbocycles. The largest absolute Gasteiger partial charge is 0.341 e. The van der Waals surface area contributed by atoms with Gasteiger partial charge in [-0.15, -0.1) is 0 Å². The number of hydrogen-bond acceptors (Lipinski definition) is 3. The maximum Gasteiger partial charge on any atom is 0.239 e. The highest BCUT2D eigenvalue weighted by atomic mass is 16.2. The van der Waals surface area contributed by atoms with E-state index >= 15 is 0 Å². The number of rotatable bonds is 3. The van der Waals surface area contributed by atoms with Crippen molar-refractivity contribution in [3.8, 4) is 0 Å². The summed E-state index contributed by atoms with van der Waals surface area (Å²) in [6.07, 6.45) is 2.32. The van der Waals surface area contributed by atoms with E-state index < -0.39 is 0 Å². The van der Waals surface area contributed by atoms with Crippen molar-refractivity contribution in [2.24, 2.45) is 11.7 Å². The third-order valence-electron chi connectivity index (χ3n) is 4.47. The summed E-state index contributed by atoms with van der Waals surface area (Å²) in [5, 5.41) is 0. The fourth-order valence-corrected chi connectivity index (χ4v) is 2.71. The van der Waals surface area contributed by atoms with E-state index in [0.717, 1.165) is 39.0 Å². The Morgan fingerprint density at radius 3 is 2.18 bits per heavy atom. The number of carbonyl (C=O) groups excluding carboxylic acids is 1. The maximum atomic E-state index is 12.2. The molecule has 2 aliphatic rings. The summed E-state index contributed by atoms with van der Waals surface area (Å²) in [7, 11) is 0. The molecule has 2 saturated heterocycles. The van der Waals surface area contributed by atoms with Gasteiger partial charge in [-0.3, -0.25) is 9.69 Å². The molecule has 4 nitrogen and oxygen atoms in total. The van der Waals surface area contributed by atoms with Gasteiger partial charge in [0.2, 0.25) is 5.91 Å². The van der Waals surface area contributed by atoms with Crippen LogP contribution in [0.2, 0.25) is 0 Å². The zero-order chi connectivity index (χ0) is 12.6. The first-order valence-corrected chi connectivity index (χ1v) is 6.76. The summed E-state index contributed by atoms with van der Waals surface area (Å²) >= 11 is 0. The Kier molecular flexibility index (Phi) is 3.46. The van der Waals surface area contributed by atoms with Gasteiger partial charge in [0.1, 0.15) is 0 Å². The van der Waals surface area contributed by atoms with Crippen molar-refractivity contribution in [3.63, 3.8) is 0 Å². The van der Waals surface area contributed by atoms with Crippen LogP contribution in [-0.4, -0.2) is 53.5 Å². The lowest BCUT2D eigenvalue weighted by molar-refractivity contribution is -0.139. The third kappa shape index (κ3) is 2.33. The van der Waals surface area contributed by atoms with Crippen LogP contribution in [0.4, 0.5) is 0 Å². The van der Waals surface area contributed by atoms with Gasteiger partial charge in [0.25, 0.3) is 0 Å². The quantitative estimate of drug-likeness (QED) is 0.787. The summed E-state index contributed by atoms with van der Waals surface area (Å²) in [6, 6.07) is 0.00326. The van der Waals surface area contributed by atoms with Crippen LogP contribution in [0, 0.1) is 5.92 Å². The molecule has 98 valence electrons. The predicted octanol–water partition coefficient (Wildman–Crippen LogP) is 0.666. The van der Waals surface area contributed by atoms with E-state index in [0.29, 0.717) is 5.92 Å². The number of nitrogens with zero attached hydrogens (tertiary/aromatic N) is 2. The second kappa shape index (κ2) is 4.58. The van der Waals surface area contributed by atoms with Crippen LogP contribution in [0.15, 0.2) is 0 Å². The highest BCUT2D eigenvalue weighted by Gasteiger charge is 2.45. The molecule has 1 atom stereocenters. The van der Waals surface area contributed by atoms with E-state index in [1.165, 1.54) is 0 Å². The van der Waals surface area contributed by atoms with Crippen LogP contribution in [-0.2, 0) is 4.79 Å². The first kappa shape index (κ1) is 12.8. The Hall–Kier alpha value is -0.610. The number of likely N-dealkylation sites (tertiary alicyclic amines) is 2. The minimum absolute atomic E-state index is 0.00326. The minimum atomic E-state index is -0.0838. The standard InChI is InChI=1S/C13H25N3O/c1-10(2)13(14)8-16(9-13)11(3)12(17)15-6-4-5-7-15/h10-11H,4-9,14H2,1-3H3. The first-order valence-electron chi connectivity index (χ1n) is 6.76. The lowest BCUT2D eigenvalue weighted by Crippen LogP contribution is -2.72. The molecule has 4 heteroatoms. The van der Waals surface area contributed by atoms with Crippen molar-refractivity contribution in [3.05, 3.63) is 0 Å². The molecule has 2 aliphatic heterocycles. The second-order valence-corrected chi connectivity index (χ2v) is 6.00. The van der Waals surface area contributed by atoms with Crippen molar-refractivity contribution < 1.29 is 4.79 Å². The van der Waals surface area contributed by atoms with Gasteiger partial charge in [-0.2, -0.15) is 0 Å². The van der Waals surface area contributed by atoms with Gasteiger partial charge in [0.05, 0.1) is 6.04 Å². The molecule has 0 aromatic carbocycles. The fourth-order valence-electron chi connectivity index (χ4n) is 2.71. The lowest BCUT2D eigenvalue weighted by Gasteiger charge is -2.52. The summed E-state index contributed by atoms with van der Waals surface area (Å²) in [4.78, 5) is 16.4. The molecule has 17 heavy (non-hydrogen) atoms. The van der Waals surface area contributed by atoms with Gasteiger partial charge >= 0.3 is 0 Å². The van der Waals surface area contributed by atoms with Crippen molar-refractivity contribution in [2.45, 2.75) is 45.2 Å². The van der Waals surface area contributed by atoms with E-state index in [2.05, 4.69) is 18.7 Å². The molecule has 2 N–H and O–H groups in total. The minimum Gasteiger partial charge on any atom is -0.341 e. The average Bonchev–Trinajstić information content (AvgIpc) is 2.75. The van der Waals surface area contributed by atoms with E-state index in [-0.39, 0.29) is 17.5 Å². The van der Waals surface area contributed by atoms with E-state index in [9.17, 15) is 4.79 Å². The van der Waals surface area contributed by atoms with Gasteiger partial charge < -0.3 is 10.6 Å². The van der Waals surface area contributed by atoms with Crippen LogP contribution < -0.4 is 5.73 Å². The second-order valence-electron chi connectivity index (χ2n) is 6.00. The van der Waals surface area contributed by atoms with Crippen molar-refractivity contribution >= 4 is 5.91 Å². The highest BCUT2D eigenvalue weighted by molar-refractivity contribution is 5.81. The van der Waals surface area contributed by atoms with Crippen molar-refractivity contribution in [2.75, 3.05) is 26.2 Å².